The zero-order valence-corrected chi connectivity index (χ0v) is 85.3. The van der Waals surface area contributed by atoms with Gasteiger partial charge in [-0.05, 0) is 143 Å². The highest BCUT2D eigenvalue weighted by Gasteiger charge is 2.54. The highest BCUT2D eigenvalue weighted by Crippen LogP contribution is 2.51. The van der Waals surface area contributed by atoms with Crippen LogP contribution in [0, 0.1) is 12.8 Å². The van der Waals surface area contributed by atoms with Gasteiger partial charge in [0.2, 0.25) is 100 Å². The molecule has 2 bridgehead atoms. The average molecular weight is 2070 g/mol. The standard InChI is InChI=1S/C99H137N21O24S2/c1-56-16-13-18-68-64(52-106-82(56)68)47-74-88(133)108-70(19-11-12-34-118(8)58(3)122)85(130)107-53-69-84(129)109-72(43-59-23-28-67(29-24-59)144-38-32-100)87(132)110-73(44-60-22-25-63-46-65(123)27-26-62(63)42-60)91(136)117-98(30-36-141-37-31-98)94(139)114-71(86(131)111-75(48-78(101)125)89(134)113-77(45-61-17-15-33-105-51-61)93(138)120(10)54-80(103)127)20-14-21-81(128)119(9)35-39-142-40-41-143-55-66(124)50-99(104,97(6,7)146-145-96(69,4)5)95(140)115-76(49-79(102)126)90(135)116-83(57(2)121)92(137)112-74/h13,15-18,22-29,33,42,46,51-52,57,69-77,83,106,121,123H,11-12,14,19-21,30-32,34-41,43-45,47-50,53-55,100,104H2,1-10H3,(H2,101,125)(H2,102,126)(H2,103,127)(H,107,130)(H,108,133)(H,109,129)(H,110,132)(H,111,131)(H,112,137)(H,113,134)(H,114,139)(H,115,140)(H,116,135)(H,117,136)/t57-,69?,70+,71+,72+,73+,74+,75+,76+,77+,83+,99+/m1/s1. The van der Waals surface area contributed by atoms with Crippen LogP contribution < -0.4 is 91.9 Å². The van der Waals surface area contributed by atoms with Crippen LogP contribution in [0.25, 0.3) is 21.7 Å². The molecule has 2 aromatic heterocycles. The van der Waals surface area contributed by atoms with Gasteiger partial charge in [0.25, 0.3) is 0 Å². The lowest BCUT2D eigenvalue weighted by Crippen LogP contribution is -2.68. The normalized spacial score (nSPS) is 22.7. The molecule has 146 heavy (non-hydrogen) atoms. The number of nitrogens with one attached hydrogen (secondary N) is 12. The van der Waals surface area contributed by atoms with Crippen molar-refractivity contribution in [2.45, 2.75) is 226 Å². The Labute approximate surface area is 853 Å². The van der Waals surface area contributed by atoms with Crippen LogP contribution in [0.2, 0.25) is 0 Å². The Balaban J connectivity index is 1.19. The summed E-state index contributed by atoms with van der Waals surface area (Å²) in [6, 6.07) is 8.36. The summed E-state index contributed by atoms with van der Waals surface area (Å²) in [5.74, 6) is -19.0. The number of aromatic hydroxyl groups is 1. The van der Waals surface area contributed by atoms with E-state index in [0.29, 0.717) is 49.7 Å². The molecule has 3 fully saturated rings. The number of primary amides is 3. The van der Waals surface area contributed by atoms with Crippen molar-refractivity contribution in [1.29, 1.82) is 0 Å². The zero-order chi connectivity index (χ0) is 107. The van der Waals surface area contributed by atoms with Crippen LogP contribution in [0.3, 0.4) is 0 Å². The van der Waals surface area contributed by atoms with E-state index in [9.17, 15) is 53.4 Å². The molecule has 17 amide bonds. The molecule has 24 N–H and O–H groups in total. The number of benzene rings is 4. The number of para-hydroxylation sites is 1. The Morgan fingerprint density at radius 2 is 1.30 bits per heavy atom. The molecule has 6 aromatic rings. The van der Waals surface area contributed by atoms with Crippen molar-refractivity contribution in [3.05, 3.63) is 137 Å². The summed E-state index contributed by atoms with van der Waals surface area (Å²) in [5, 5.41) is 53.6. The molecule has 5 heterocycles. The van der Waals surface area contributed by atoms with Crippen LogP contribution in [0.5, 0.6) is 11.5 Å². The van der Waals surface area contributed by atoms with E-state index >= 15 is 43.2 Å². The van der Waals surface area contributed by atoms with E-state index in [0.717, 1.165) is 39.0 Å². The van der Waals surface area contributed by atoms with Crippen molar-refractivity contribution >= 4 is 149 Å². The molecule has 0 radical (unpaired) electrons. The number of likely N-dealkylation sites (N-methyl/N-ethyl adjacent to an activating group) is 2. The van der Waals surface area contributed by atoms with Gasteiger partial charge in [-0.2, -0.15) is 0 Å². The maximum Gasteiger partial charge on any atom is 0.246 e. The Morgan fingerprint density at radius 3 is 1.97 bits per heavy atom. The Morgan fingerprint density at radius 1 is 0.658 bits per heavy atom. The maximum absolute atomic E-state index is 16.6. The van der Waals surface area contributed by atoms with Gasteiger partial charge >= 0.3 is 0 Å². The summed E-state index contributed by atoms with van der Waals surface area (Å²) < 4.78 is 19.9. The van der Waals surface area contributed by atoms with Gasteiger partial charge in [0.1, 0.15) is 90.2 Å². The Kier molecular flexibility index (Phi) is 43.0. The quantitative estimate of drug-likeness (QED) is 0.0189. The number of ketones is 1. The highest BCUT2D eigenvalue weighted by atomic mass is 33.1. The number of pyridine rings is 1. The molecule has 12 atom stereocenters. The van der Waals surface area contributed by atoms with E-state index in [1.54, 1.807) is 99.9 Å². The first-order valence-electron chi connectivity index (χ1n) is 48.2. The number of carbonyl (C=O) groups is 18. The number of phenols is 1. The molecule has 4 aromatic carbocycles. The molecule has 3 aliphatic rings. The Hall–Kier alpha value is -13.5. The molecule has 47 heteroatoms. The molecular formula is C99H137N21O24S2. The monoisotopic (exact) mass is 2070 g/mol. The minimum absolute atomic E-state index is 0.0643. The largest absolute Gasteiger partial charge is 0.508 e. The van der Waals surface area contributed by atoms with Gasteiger partial charge in [-0.1, -0.05) is 82.3 Å². The first-order chi connectivity index (χ1) is 69.1. The number of phenolic OH excluding ortho intramolecular Hbond substituents is 1. The van der Waals surface area contributed by atoms with Crippen LogP contribution in [0.15, 0.2) is 110 Å². The topological polar surface area (TPSA) is 685 Å². The summed E-state index contributed by atoms with van der Waals surface area (Å²) in [7, 11) is 6.02. The number of aliphatic hydroxyl groups is 1. The number of Topliss-reactive ketones (excluding diaryl/α,β-unsaturated/α-hetero) is 1. The number of aryl methyl sites for hydroxylation is 1. The smallest absolute Gasteiger partial charge is 0.246 e. The van der Waals surface area contributed by atoms with Crippen LogP contribution in [-0.2, 0) is 126 Å². The number of carbonyl (C=O) groups excluding carboxylic acids is 18. The SMILES string of the molecule is CC(=O)N(C)CCCC[C@@H]1NC(=O)[C@H](Cc2c[nH]c3c(C)cccc23)NC(=O)[C@H]([C@@H](C)O)NC(=O)[C@H](CC(N)=O)NC(=O)[C@@]2(N)CC(=O)COCCOCCN(C)C(=O)CCC[C@@H](C(=O)N[C@@H](CC(N)=O)C(=O)N[C@@H](Cc3cccnc3)C(=O)N(C)CC(N)=O)NC(=O)C3(CCOCC3)NC(=O)[C@H](Cc3ccc4cc(O)ccc4c3)NC(=O)[C@H](Cc3ccc(OCCN)cc3)NC(=O)C(CNC1=O)C(C)(C)SSC2(C)C. The number of hydrogen-bond donors (Lipinski definition) is 19. The second kappa shape index (κ2) is 54.1. The number of unbranched alkanes of at least 4 members (excludes halogenated alkanes) is 1. The second-order valence-electron chi connectivity index (χ2n) is 38.0. The van der Waals surface area contributed by atoms with Crippen molar-refractivity contribution in [3.63, 3.8) is 0 Å². The van der Waals surface area contributed by atoms with Crippen molar-refractivity contribution < 1.29 is 115 Å². The first kappa shape index (κ1) is 116. The van der Waals surface area contributed by atoms with Crippen LogP contribution in [0.4, 0.5) is 0 Å². The number of amides is 17. The van der Waals surface area contributed by atoms with E-state index in [2.05, 4.69) is 68.5 Å². The molecule has 3 saturated heterocycles. The molecule has 0 aliphatic carbocycles. The fourth-order valence-corrected chi connectivity index (χ4v) is 20.0. The lowest BCUT2D eigenvalue weighted by Gasteiger charge is -2.44. The highest BCUT2D eigenvalue weighted by molar-refractivity contribution is 8.77. The molecule has 3 aliphatic heterocycles. The number of nitrogens with zero attached hydrogens (tertiary/aromatic N) is 4. The molecular weight excluding hydrogens is 1930 g/mol. The fraction of sp³-hybridized carbons (Fsp3) is 0.525. The van der Waals surface area contributed by atoms with Gasteiger partial charge in [-0.15, -0.1) is 0 Å². The third kappa shape index (κ3) is 33.6. The van der Waals surface area contributed by atoms with Crippen molar-refractivity contribution in [1.82, 2.24) is 83.2 Å². The molecule has 1 spiro atoms. The van der Waals surface area contributed by atoms with Gasteiger partial charge < -0.3 is 136 Å². The van der Waals surface area contributed by atoms with Gasteiger partial charge in [-0.25, -0.2) is 0 Å². The average Bonchev–Trinajstić information content (AvgIpc) is 0.861. The summed E-state index contributed by atoms with van der Waals surface area (Å²) in [6.07, 6.45) is -2.83. The minimum atomic E-state index is -2.53. The van der Waals surface area contributed by atoms with Crippen molar-refractivity contribution in [3.8, 4) is 11.5 Å². The number of aliphatic hydroxyl groups excluding tert-OH is 1. The minimum Gasteiger partial charge on any atom is -0.508 e. The number of aromatic nitrogens is 2. The van der Waals surface area contributed by atoms with Gasteiger partial charge in [0, 0.05) is 158 Å². The summed E-state index contributed by atoms with van der Waals surface area (Å²) in [4.78, 5) is 277. The summed E-state index contributed by atoms with van der Waals surface area (Å²) in [6.45, 7) is 7.70. The van der Waals surface area contributed by atoms with Gasteiger partial charge in [0.15, 0.2) is 5.78 Å². The van der Waals surface area contributed by atoms with E-state index in [1.807, 2.05) is 13.0 Å². The first-order valence-corrected chi connectivity index (χ1v) is 50.3. The lowest BCUT2D eigenvalue weighted by atomic mass is 9.80. The predicted molar refractivity (Wildman–Crippen MR) is 540 cm³/mol. The molecule has 1 unspecified atom stereocenters. The van der Waals surface area contributed by atoms with E-state index in [1.165, 1.54) is 69.2 Å². The number of nitrogens with two attached hydrogens (primary N) is 5. The van der Waals surface area contributed by atoms with E-state index in [-0.39, 0.29) is 129 Å². The molecule has 794 valence electrons. The van der Waals surface area contributed by atoms with E-state index in [4.69, 9.17) is 47.6 Å². The number of aromatic amines is 1. The van der Waals surface area contributed by atoms with Crippen LogP contribution in [-0.4, -0.2) is 322 Å². The van der Waals surface area contributed by atoms with Gasteiger partial charge in [0.05, 0.1) is 51.2 Å². The molecule has 9 rings (SSSR count). The number of fused-ring (bicyclic) bond motifs is 7. The third-order valence-corrected chi connectivity index (χ3v) is 30.2. The van der Waals surface area contributed by atoms with Crippen LogP contribution >= 0.6 is 21.6 Å². The maximum atomic E-state index is 16.6. The fourth-order valence-electron chi connectivity index (χ4n) is 16.9. The number of hydrogen-bond acceptors (Lipinski definition) is 29. The number of rotatable bonds is 28. The molecule has 45 nitrogen and oxygen atoms in total. The number of ether oxygens (including phenoxy) is 4. The third-order valence-electron chi connectivity index (χ3n) is 25.8. The lowest BCUT2D eigenvalue weighted by molar-refractivity contribution is -0.142. The predicted octanol–water partition coefficient (Wildman–Crippen LogP) is -1.89. The van der Waals surface area contributed by atoms with Crippen LogP contribution in [0.1, 0.15) is 140 Å². The van der Waals surface area contributed by atoms with E-state index < -0.39 is 245 Å². The Bertz CT molecular complexity index is 5670. The number of H-pyrrole nitrogens is 1. The second-order valence-corrected chi connectivity index (χ2v) is 41.4. The van der Waals surface area contributed by atoms with Crippen molar-refractivity contribution in [2.24, 2.45) is 34.6 Å². The van der Waals surface area contributed by atoms with Gasteiger partial charge in [-0.3, -0.25) is 91.3 Å². The van der Waals surface area contributed by atoms with Crippen molar-refractivity contribution in [2.75, 3.05) is 100 Å². The zero-order valence-electron chi connectivity index (χ0n) is 83.7. The molecule has 0 saturated carbocycles. The summed E-state index contributed by atoms with van der Waals surface area (Å²) >= 11 is 0. The summed E-state index contributed by atoms with van der Waals surface area (Å²) in [5.41, 5.74) is 28.8.